The number of furan rings is 1. The molecule has 14 rings (SSSR count). The van der Waals surface area contributed by atoms with Crippen LogP contribution in [-0.4, -0.2) is 14.5 Å². The molecule has 0 aliphatic carbocycles. The smallest absolute Gasteiger partial charge is 0.235 e. The van der Waals surface area contributed by atoms with Crippen LogP contribution >= 0.6 is 0 Å². The lowest BCUT2D eigenvalue weighted by atomic mass is 9.88. The molecule has 0 N–H and O–H groups in total. The fourth-order valence-corrected chi connectivity index (χ4v) is 10.5. The lowest BCUT2D eigenvalue weighted by Crippen LogP contribution is -2.04. The van der Waals surface area contributed by atoms with E-state index < -0.39 is 0 Å². The van der Waals surface area contributed by atoms with Gasteiger partial charge in [-0.15, -0.1) is 0 Å². The monoisotopic (exact) mass is 813 g/mol. The Balaban J connectivity index is 1.12. The van der Waals surface area contributed by atoms with Crippen molar-refractivity contribution in [1.82, 2.24) is 14.5 Å². The van der Waals surface area contributed by atoms with E-state index in [2.05, 4.69) is 205 Å². The topological polar surface area (TPSA) is 43.9 Å². The van der Waals surface area contributed by atoms with Gasteiger partial charge >= 0.3 is 0 Å². The summed E-state index contributed by atoms with van der Waals surface area (Å²) in [5, 5.41) is 15.1. The van der Waals surface area contributed by atoms with Gasteiger partial charge in [0, 0.05) is 48.7 Å². The van der Waals surface area contributed by atoms with Gasteiger partial charge in [-0.25, -0.2) is 9.97 Å². The van der Waals surface area contributed by atoms with Crippen LogP contribution in [0.3, 0.4) is 0 Å². The van der Waals surface area contributed by atoms with Crippen LogP contribution in [0.25, 0.3) is 137 Å². The molecule has 296 valence electrons. The lowest BCUT2D eigenvalue weighted by Gasteiger charge is -2.16. The molecule has 11 aromatic carbocycles. The van der Waals surface area contributed by atoms with Crippen molar-refractivity contribution in [3.8, 4) is 39.5 Å². The van der Waals surface area contributed by atoms with E-state index in [0.29, 0.717) is 5.95 Å². The summed E-state index contributed by atoms with van der Waals surface area (Å²) >= 11 is 0. The van der Waals surface area contributed by atoms with Crippen LogP contribution in [0.15, 0.2) is 217 Å². The molecule has 0 fully saturated rings. The van der Waals surface area contributed by atoms with E-state index in [1.807, 2.05) is 12.1 Å². The fraction of sp³-hybridized carbons (Fsp3) is 0. The van der Waals surface area contributed by atoms with E-state index in [-0.39, 0.29) is 0 Å². The average Bonchev–Trinajstić information content (AvgIpc) is 3.92. The summed E-state index contributed by atoms with van der Waals surface area (Å²) in [4.78, 5) is 11.1. The quantitative estimate of drug-likeness (QED) is 0.166. The van der Waals surface area contributed by atoms with Crippen molar-refractivity contribution in [2.45, 2.75) is 0 Å². The number of nitrogens with zero attached hydrogens (tertiary/aromatic N) is 3. The van der Waals surface area contributed by atoms with E-state index in [1.165, 1.54) is 59.8 Å². The van der Waals surface area contributed by atoms with Gasteiger partial charge in [-0.05, 0) is 79.5 Å². The van der Waals surface area contributed by atoms with Crippen LogP contribution in [0.5, 0.6) is 0 Å². The molecule has 4 nitrogen and oxygen atoms in total. The molecule has 0 saturated carbocycles. The van der Waals surface area contributed by atoms with E-state index in [1.54, 1.807) is 0 Å². The highest BCUT2D eigenvalue weighted by Crippen LogP contribution is 2.48. The van der Waals surface area contributed by atoms with Crippen LogP contribution in [-0.2, 0) is 0 Å². The predicted octanol–water partition coefficient (Wildman–Crippen LogP) is 16.2. The molecular weight excluding hydrogens is 779 g/mol. The maximum Gasteiger partial charge on any atom is 0.235 e. The second kappa shape index (κ2) is 13.4. The number of para-hydroxylation sites is 2. The number of aromatic nitrogens is 3. The van der Waals surface area contributed by atoms with E-state index in [9.17, 15) is 0 Å². The Hall–Kier alpha value is -8.60. The molecule has 0 amide bonds. The molecule has 0 saturated heterocycles. The normalized spacial score (nSPS) is 12.1. The Kier molecular flexibility index (Phi) is 7.36. The Morgan fingerprint density at radius 1 is 0.328 bits per heavy atom. The van der Waals surface area contributed by atoms with Gasteiger partial charge in [0.05, 0.1) is 22.2 Å². The van der Waals surface area contributed by atoms with Gasteiger partial charge in [0.1, 0.15) is 11.2 Å². The first-order valence-corrected chi connectivity index (χ1v) is 21.8. The lowest BCUT2D eigenvalue weighted by molar-refractivity contribution is 0.669. The highest BCUT2D eigenvalue weighted by Gasteiger charge is 2.25. The van der Waals surface area contributed by atoms with Gasteiger partial charge in [0.2, 0.25) is 5.95 Å². The summed E-state index contributed by atoms with van der Waals surface area (Å²) in [5.74, 6) is 0.642. The van der Waals surface area contributed by atoms with Crippen molar-refractivity contribution in [1.29, 1.82) is 0 Å². The molecule has 4 heteroatoms. The van der Waals surface area contributed by atoms with Crippen molar-refractivity contribution >= 4 is 97.7 Å². The minimum absolute atomic E-state index is 0.642. The van der Waals surface area contributed by atoms with Gasteiger partial charge in [-0.2, -0.15) is 0 Å². The third kappa shape index (κ3) is 5.05. The molecule has 14 aromatic rings. The molecule has 0 bridgehead atoms. The largest absolute Gasteiger partial charge is 0.456 e. The average molecular weight is 814 g/mol. The SMILES string of the molecule is c1ccc(-c2ccc(-c3nc(-n4c5c6ccccc6ccc5c5c6c7ccccc7c(-c7ccc8oc9ccccc9c8c7)cc6c6ccccc6c54)nc4ccccc34)cc2)cc1. The van der Waals surface area contributed by atoms with Crippen molar-refractivity contribution in [2.24, 2.45) is 0 Å². The van der Waals surface area contributed by atoms with Crippen molar-refractivity contribution in [2.75, 3.05) is 0 Å². The van der Waals surface area contributed by atoms with E-state index in [4.69, 9.17) is 14.4 Å². The zero-order valence-corrected chi connectivity index (χ0v) is 34.5. The van der Waals surface area contributed by atoms with Gasteiger partial charge < -0.3 is 4.42 Å². The van der Waals surface area contributed by atoms with Gasteiger partial charge in [-0.1, -0.05) is 182 Å². The Morgan fingerprint density at radius 3 is 1.80 bits per heavy atom. The van der Waals surface area contributed by atoms with Crippen LogP contribution in [0.4, 0.5) is 0 Å². The summed E-state index contributed by atoms with van der Waals surface area (Å²) in [5.41, 5.74) is 11.5. The number of hydrogen-bond acceptors (Lipinski definition) is 3. The Morgan fingerprint density at radius 2 is 0.953 bits per heavy atom. The van der Waals surface area contributed by atoms with Crippen molar-refractivity contribution in [3.05, 3.63) is 212 Å². The van der Waals surface area contributed by atoms with Crippen LogP contribution in [0, 0.1) is 0 Å². The highest BCUT2D eigenvalue weighted by atomic mass is 16.3. The van der Waals surface area contributed by atoms with Gasteiger partial charge in [0.15, 0.2) is 0 Å². The minimum Gasteiger partial charge on any atom is -0.456 e. The zero-order chi connectivity index (χ0) is 41.9. The Bertz CT molecular complexity index is 4240. The van der Waals surface area contributed by atoms with Crippen molar-refractivity contribution < 1.29 is 4.42 Å². The third-order valence-corrected chi connectivity index (χ3v) is 13.4. The molecule has 3 aromatic heterocycles. The maximum absolute atomic E-state index is 6.28. The second-order valence-electron chi connectivity index (χ2n) is 16.8. The number of fused-ring (bicyclic) bond motifs is 16. The number of benzene rings is 11. The maximum atomic E-state index is 6.28. The number of hydrogen-bond donors (Lipinski definition) is 0. The zero-order valence-electron chi connectivity index (χ0n) is 34.5. The van der Waals surface area contributed by atoms with E-state index in [0.717, 1.165) is 71.5 Å². The van der Waals surface area contributed by atoms with Gasteiger partial charge in [-0.3, -0.25) is 4.57 Å². The fourth-order valence-electron chi connectivity index (χ4n) is 10.5. The molecule has 0 aliphatic rings. The molecular formula is C60H35N3O. The van der Waals surface area contributed by atoms with Crippen LogP contribution in [0.1, 0.15) is 0 Å². The molecule has 0 unspecified atom stereocenters. The van der Waals surface area contributed by atoms with Crippen LogP contribution in [0.2, 0.25) is 0 Å². The summed E-state index contributed by atoms with van der Waals surface area (Å²) < 4.78 is 8.65. The molecule has 64 heavy (non-hydrogen) atoms. The molecule has 0 spiro atoms. The Labute approximate surface area is 366 Å². The third-order valence-electron chi connectivity index (χ3n) is 13.4. The summed E-state index contributed by atoms with van der Waals surface area (Å²) in [6, 6.07) is 76.2. The number of rotatable bonds is 4. The summed E-state index contributed by atoms with van der Waals surface area (Å²) in [6.45, 7) is 0. The standard InChI is InChI=1S/C60H35N3O/c1-2-14-36(15-3-1)37-26-28-39(29-27-37)57-47-23-10-12-24-52(47)61-60(62-57)63-58-41-17-5-4-16-38(41)30-32-48(58)56-55-45-21-8-6-18-42(45)49(35-51(55)43-19-7-9-22-46(43)59(56)63)40-31-33-54-50(34-40)44-20-11-13-25-53(44)64-54/h1-35H. The molecule has 0 atom stereocenters. The summed E-state index contributed by atoms with van der Waals surface area (Å²) in [7, 11) is 0. The first-order valence-electron chi connectivity index (χ1n) is 21.8. The van der Waals surface area contributed by atoms with Crippen molar-refractivity contribution in [3.63, 3.8) is 0 Å². The minimum atomic E-state index is 0.642. The first kappa shape index (κ1) is 35.0. The second-order valence-corrected chi connectivity index (χ2v) is 16.8. The van der Waals surface area contributed by atoms with E-state index >= 15 is 0 Å². The molecule has 3 heterocycles. The molecule has 0 radical (unpaired) electrons. The summed E-state index contributed by atoms with van der Waals surface area (Å²) in [6.07, 6.45) is 0. The molecule has 0 aliphatic heterocycles. The van der Waals surface area contributed by atoms with Crippen LogP contribution < -0.4 is 0 Å². The predicted molar refractivity (Wildman–Crippen MR) is 267 cm³/mol. The highest BCUT2D eigenvalue weighted by molar-refractivity contribution is 6.39. The van der Waals surface area contributed by atoms with Gasteiger partial charge in [0.25, 0.3) is 0 Å². The first-order chi connectivity index (χ1) is 31.7.